The van der Waals surface area contributed by atoms with Crippen LogP contribution in [0, 0.1) is 17.7 Å². The van der Waals surface area contributed by atoms with E-state index in [1.165, 1.54) is 0 Å². The van der Waals surface area contributed by atoms with E-state index in [0.29, 0.717) is 5.82 Å². The number of halogens is 4. The van der Waals surface area contributed by atoms with Crippen LogP contribution in [0.25, 0.3) is 11.3 Å². The third-order valence-corrected chi connectivity index (χ3v) is 2.63. The largest absolute Gasteiger partial charge is 0.372 e. The van der Waals surface area contributed by atoms with Crippen molar-refractivity contribution in [3.63, 3.8) is 0 Å². The Morgan fingerprint density at radius 1 is 1.17 bits per heavy atom. The maximum atomic E-state index is 13.2. The molecule has 0 aliphatic rings. The highest BCUT2D eigenvalue weighted by molar-refractivity contribution is 6.33. The summed E-state index contributed by atoms with van der Waals surface area (Å²) in [5.74, 6) is -1.73. The van der Waals surface area contributed by atoms with Gasteiger partial charge in [-0.1, -0.05) is 11.6 Å². The van der Waals surface area contributed by atoms with Gasteiger partial charge in [0.2, 0.25) is 5.28 Å². The first-order valence-corrected chi connectivity index (χ1v) is 5.56. The minimum atomic E-state index is -1.03. The molecule has 0 bridgehead atoms. The minimum absolute atomic E-state index is 0.0157. The van der Waals surface area contributed by atoms with Gasteiger partial charge in [-0.25, -0.2) is 18.7 Å². The number of aromatic nitrogens is 2. The van der Waals surface area contributed by atoms with Crippen molar-refractivity contribution < 1.29 is 8.78 Å². The topological polar surface area (TPSA) is 37.8 Å². The van der Waals surface area contributed by atoms with Crippen molar-refractivity contribution in [3.8, 4) is 11.3 Å². The Bertz CT molecular complexity index is 605. The number of benzene rings is 1. The molecule has 0 amide bonds. The fourth-order valence-corrected chi connectivity index (χ4v) is 1.74. The van der Waals surface area contributed by atoms with Crippen molar-refractivity contribution in [1.82, 2.24) is 9.97 Å². The van der Waals surface area contributed by atoms with Crippen LogP contribution in [0.3, 0.4) is 0 Å². The molecule has 0 saturated heterocycles. The molecule has 7 heteroatoms. The monoisotopic (exact) mass is 288 g/mol. The van der Waals surface area contributed by atoms with Crippen LogP contribution in [0.5, 0.6) is 0 Å². The summed E-state index contributed by atoms with van der Waals surface area (Å²) >= 11 is 11.5. The van der Waals surface area contributed by atoms with Gasteiger partial charge < -0.3 is 5.32 Å². The van der Waals surface area contributed by atoms with Crippen LogP contribution in [-0.4, -0.2) is 17.0 Å². The Kier molecular flexibility index (Phi) is 3.63. The summed E-state index contributed by atoms with van der Waals surface area (Å²) in [4.78, 5) is 7.69. The summed E-state index contributed by atoms with van der Waals surface area (Å²) in [5.41, 5.74) is 0.375. The van der Waals surface area contributed by atoms with Crippen molar-refractivity contribution in [3.05, 3.63) is 40.1 Å². The van der Waals surface area contributed by atoms with Gasteiger partial charge >= 0.3 is 0 Å². The molecule has 0 fully saturated rings. The molecule has 1 heterocycles. The smallest absolute Gasteiger partial charge is 0.224 e. The summed E-state index contributed by atoms with van der Waals surface area (Å²) in [6.45, 7) is 0. The Morgan fingerprint density at radius 2 is 1.83 bits per heavy atom. The van der Waals surface area contributed by atoms with Crippen molar-refractivity contribution in [2.45, 2.75) is 0 Å². The summed E-state index contributed by atoms with van der Waals surface area (Å²) in [7, 11) is 1.62. The highest BCUT2D eigenvalue weighted by Crippen LogP contribution is 2.30. The van der Waals surface area contributed by atoms with E-state index in [-0.39, 0.29) is 21.6 Å². The fraction of sp³-hybridized carbons (Fsp3) is 0.0909. The number of hydrogen-bond acceptors (Lipinski definition) is 3. The Morgan fingerprint density at radius 3 is 2.50 bits per heavy atom. The predicted molar refractivity (Wildman–Crippen MR) is 65.8 cm³/mol. The zero-order valence-corrected chi connectivity index (χ0v) is 10.6. The van der Waals surface area contributed by atoms with Crippen molar-refractivity contribution >= 4 is 29.0 Å². The molecule has 2 rings (SSSR count). The summed E-state index contributed by atoms with van der Waals surface area (Å²) in [6.07, 6.45) is 0. The van der Waals surface area contributed by atoms with E-state index in [4.69, 9.17) is 23.2 Å². The van der Waals surface area contributed by atoms with Gasteiger partial charge in [-0.3, -0.25) is 0 Å². The van der Waals surface area contributed by atoms with Crippen molar-refractivity contribution in [2.75, 3.05) is 12.4 Å². The predicted octanol–water partition coefficient (Wildman–Crippen LogP) is 3.57. The average molecular weight is 289 g/mol. The van der Waals surface area contributed by atoms with Crippen LogP contribution < -0.4 is 5.32 Å². The van der Waals surface area contributed by atoms with E-state index in [0.717, 1.165) is 12.1 Å². The molecule has 18 heavy (non-hydrogen) atoms. The van der Waals surface area contributed by atoms with Gasteiger partial charge in [0, 0.05) is 12.6 Å². The van der Waals surface area contributed by atoms with E-state index in [1.807, 2.05) is 0 Å². The van der Waals surface area contributed by atoms with Gasteiger partial charge in [0.25, 0.3) is 0 Å². The lowest BCUT2D eigenvalue weighted by Gasteiger charge is -2.06. The zero-order valence-electron chi connectivity index (χ0n) is 9.06. The number of hydrogen-bond donors (Lipinski definition) is 1. The summed E-state index contributed by atoms with van der Waals surface area (Å²) in [5, 5.41) is 2.69. The van der Waals surface area contributed by atoms with Crippen LogP contribution in [0.15, 0.2) is 12.1 Å². The lowest BCUT2D eigenvalue weighted by atomic mass is 10.1. The van der Waals surface area contributed by atoms with Crippen molar-refractivity contribution in [1.29, 1.82) is 0 Å². The van der Waals surface area contributed by atoms with Gasteiger partial charge in [0.05, 0.1) is 16.8 Å². The summed E-state index contributed by atoms with van der Waals surface area (Å²) in [6, 6.07) is 4.55. The molecule has 0 aliphatic carbocycles. The minimum Gasteiger partial charge on any atom is -0.372 e. The van der Waals surface area contributed by atoms with Crippen LogP contribution in [0.1, 0.15) is 0 Å². The van der Waals surface area contributed by atoms with Crippen LogP contribution in [0.2, 0.25) is 10.3 Å². The molecule has 0 unspecified atom stereocenters. The second kappa shape index (κ2) is 5.04. The zero-order chi connectivity index (χ0) is 13.3. The Labute approximate surface area is 112 Å². The second-order valence-corrected chi connectivity index (χ2v) is 4.06. The molecule has 1 aromatic heterocycles. The van der Waals surface area contributed by atoms with Crippen LogP contribution in [0.4, 0.5) is 14.6 Å². The molecule has 93 valence electrons. The normalized spacial score (nSPS) is 10.5. The van der Waals surface area contributed by atoms with E-state index in [2.05, 4.69) is 21.4 Å². The first-order chi connectivity index (χ1) is 8.51. The third-order valence-electron chi connectivity index (χ3n) is 2.15. The average Bonchev–Trinajstić information content (AvgIpc) is 2.33. The SMILES string of the molecule is CNc1[c]c(-c2cc(F)c(F)cc2Cl)nc(Cl)n1. The standard InChI is InChI=1S/C11H6Cl2F2N3/c1-16-10-4-9(17-11(13)18-10)5-2-7(14)8(15)3-6(5)12/h2-3H,1H3,(H,16,17,18). The Hall–Kier alpha value is -1.46. The first-order valence-electron chi connectivity index (χ1n) is 4.81. The van der Waals surface area contributed by atoms with E-state index in [9.17, 15) is 8.78 Å². The number of nitrogens with one attached hydrogen (secondary N) is 1. The quantitative estimate of drug-likeness (QED) is 0.678. The molecule has 0 atom stereocenters. The Balaban J connectivity index is 2.61. The van der Waals surface area contributed by atoms with Gasteiger partial charge in [-0.2, -0.15) is 0 Å². The molecule has 0 spiro atoms. The number of rotatable bonds is 2. The maximum absolute atomic E-state index is 13.2. The molecular formula is C11H6Cl2F2N3. The molecule has 2 aromatic rings. The van der Waals surface area contributed by atoms with Gasteiger partial charge in [0.15, 0.2) is 11.6 Å². The maximum Gasteiger partial charge on any atom is 0.224 e. The molecule has 1 aromatic carbocycles. The first kappa shape index (κ1) is 13.0. The highest BCUT2D eigenvalue weighted by atomic mass is 35.5. The molecule has 0 aliphatic heterocycles. The van der Waals surface area contributed by atoms with E-state index in [1.54, 1.807) is 7.05 Å². The molecule has 1 N–H and O–H groups in total. The summed E-state index contributed by atoms with van der Waals surface area (Å²) < 4.78 is 26.1. The second-order valence-electron chi connectivity index (χ2n) is 3.31. The van der Waals surface area contributed by atoms with Gasteiger partial charge in [-0.15, -0.1) is 0 Å². The van der Waals surface area contributed by atoms with E-state index >= 15 is 0 Å². The fourth-order valence-electron chi connectivity index (χ4n) is 1.33. The lowest BCUT2D eigenvalue weighted by Crippen LogP contribution is -1.97. The molecule has 3 nitrogen and oxygen atoms in total. The number of anilines is 1. The molecule has 1 radical (unpaired) electrons. The van der Waals surface area contributed by atoms with Crippen LogP contribution in [-0.2, 0) is 0 Å². The van der Waals surface area contributed by atoms with E-state index < -0.39 is 11.6 Å². The highest BCUT2D eigenvalue weighted by Gasteiger charge is 2.13. The van der Waals surface area contributed by atoms with Crippen molar-refractivity contribution in [2.24, 2.45) is 0 Å². The molecular weight excluding hydrogens is 283 g/mol. The third kappa shape index (κ3) is 2.52. The molecule has 0 saturated carbocycles. The number of nitrogens with zero attached hydrogens (tertiary/aromatic N) is 2. The van der Waals surface area contributed by atoms with Gasteiger partial charge in [-0.05, 0) is 23.7 Å². The van der Waals surface area contributed by atoms with Crippen LogP contribution >= 0.6 is 23.2 Å². The lowest BCUT2D eigenvalue weighted by molar-refractivity contribution is 0.509. The van der Waals surface area contributed by atoms with Gasteiger partial charge in [0.1, 0.15) is 5.82 Å².